The summed E-state index contributed by atoms with van der Waals surface area (Å²) in [5.74, 6) is 0.163. The average molecular weight is 250 g/mol. The predicted octanol–water partition coefficient (Wildman–Crippen LogP) is 0.899. The van der Waals surface area contributed by atoms with Crippen LogP contribution < -0.4 is 5.73 Å². The lowest BCUT2D eigenvalue weighted by atomic mass is 10.1. The smallest absolute Gasteiger partial charge is 0.194 e. The standard InChI is InChI=1S/C13H22N4O/c1-2-7-17-12(3-6-15-17)13(18)10-16-8-4-11(14)5-9-16/h3,6,11H,2,4-5,7-10,14H2,1H3. The lowest BCUT2D eigenvalue weighted by Gasteiger charge is -2.29. The third-order valence-electron chi connectivity index (χ3n) is 3.44. The molecular formula is C13H22N4O. The molecule has 1 aliphatic heterocycles. The molecule has 0 spiro atoms. The predicted molar refractivity (Wildman–Crippen MR) is 70.5 cm³/mol. The van der Waals surface area contributed by atoms with E-state index in [-0.39, 0.29) is 5.78 Å². The number of aromatic nitrogens is 2. The maximum Gasteiger partial charge on any atom is 0.194 e. The molecular weight excluding hydrogens is 228 g/mol. The molecule has 5 heteroatoms. The van der Waals surface area contributed by atoms with Crippen molar-refractivity contribution in [2.75, 3.05) is 19.6 Å². The molecule has 1 aromatic heterocycles. The molecule has 0 aliphatic carbocycles. The van der Waals surface area contributed by atoms with Crippen molar-refractivity contribution >= 4 is 5.78 Å². The summed E-state index contributed by atoms with van der Waals surface area (Å²) in [4.78, 5) is 14.4. The van der Waals surface area contributed by atoms with Gasteiger partial charge in [0.2, 0.25) is 0 Å². The Balaban J connectivity index is 1.93. The Morgan fingerprint density at radius 3 is 2.89 bits per heavy atom. The average Bonchev–Trinajstić information content (AvgIpc) is 2.81. The van der Waals surface area contributed by atoms with Gasteiger partial charge in [-0.3, -0.25) is 14.4 Å². The van der Waals surface area contributed by atoms with E-state index < -0.39 is 0 Å². The van der Waals surface area contributed by atoms with E-state index >= 15 is 0 Å². The van der Waals surface area contributed by atoms with Gasteiger partial charge in [-0.15, -0.1) is 0 Å². The van der Waals surface area contributed by atoms with Crippen LogP contribution in [-0.4, -0.2) is 46.1 Å². The largest absolute Gasteiger partial charge is 0.328 e. The van der Waals surface area contributed by atoms with E-state index in [4.69, 9.17) is 5.73 Å². The van der Waals surface area contributed by atoms with Crippen LogP contribution in [0.2, 0.25) is 0 Å². The summed E-state index contributed by atoms with van der Waals surface area (Å²) in [6.07, 6.45) is 4.67. The van der Waals surface area contributed by atoms with Gasteiger partial charge in [-0.2, -0.15) is 5.10 Å². The van der Waals surface area contributed by atoms with E-state index in [0.717, 1.165) is 44.6 Å². The Morgan fingerprint density at radius 1 is 1.50 bits per heavy atom. The first kappa shape index (κ1) is 13.2. The molecule has 1 aliphatic rings. The fourth-order valence-corrected chi connectivity index (χ4v) is 2.35. The number of aryl methyl sites for hydroxylation is 1. The number of carbonyl (C=O) groups is 1. The number of hydrogen-bond donors (Lipinski definition) is 1. The normalized spacial score (nSPS) is 18.1. The molecule has 1 aromatic rings. The third-order valence-corrected chi connectivity index (χ3v) is 3.44. The van der Waals surface area contributed by atoms with E-state index in [9.17, 15) is 4.79 Å². The monoisotopic (exact) mass is 250 g/mol. The van der Waals surface area contributed by atoms with Gasteiger partial charge in [0, 0.05) is 31.9 Å². The Morgan fingerprint density at radius 2 is 2.22 bits per heavy atom. The number of ketones is 1. The van der Waals surface area contributed by atoms with Gasteiger partial charge in [-0.05, 0) is 25.3 Å². The second-order valence-electron chi connectivity index (χ2n) is 4.98. The van der Waals surface area contributed by atoms with Crippen molar-refractivity contribution in [3.05, 3.63) is 18.0 Å². The molecule has 100 valence electrons. The van der Waals surface area contributed by atoms with E-state index in [1.54, 1.807) is 10.9 Å². The summed E-state index contributed by atoms with van der Waals surface area (Å²) in [5.41, 5.74) is 6.59. The third kappa shape index (κ3) is 3.17. The van der Waals surface area contributed by atoms with Gasteiger partial charge >= 0.3 is 0 Å². The molecule has 1 saturated heterocycles. The Labute approximate surface area is 108 Å². The highest BCUT2D eigenvalue weighted by atomic mass is 16.1. The van der Waals surface area contributed by atoms with Crippen molar-refractivity contribution < 1.29 is 4.79 Å². The maximum atomic E-state index is 12.2. The Kier molecular flexibility index (Phi) is 4.49. The van der Waals surface area contributed by atoms with Gasteiger partial charge < -0.3 is 5.73 Å². The maximum absolute atomic E-state index is 12.2. The molecule has 0 saturated carbocycles. The topological polar surface area (TPSA) is 64.2 Å². The van der Waals surface area contributed by atoms with Crippen LogP contribution in [0, 0.1) is 0 Å². The van der Waals surface area contributed by atoms with Crippen LogP contribution in [0.15, 0.2) is 12.3 Å². The molecule has 5 nitrogen and oxygen atoms in total. The number of nitrogens with zero attached hydrogens (tertiary/aromatic N) is 3. The molecule has 0 radical (unpaired) electrons. The van der Waals surface area contributed by atoms with Crippen molar-refractivity contribution in [2.24, 2.45) is 5.73 Å². The number of rotatable bonds is 5. The first-order valence-corrected chi connectivity index (χ1v) is 6.73. The highest BCUT2D eigenvalue weighted by Crippen LogP contribution is 2.10. The van der Waals surface area contributed by atoms with Gasteiger partial charge in [0.15, 0.2) is 5.78 Å². The van der Waals surface area contributed by atoms with E-state index in [0.29, 0.717) is 12.6 Å². The molecule has 0 aromatic carbocycles. The minimum Gasteiger partial charge on any atom is -0.328 e. The number of hydrogen-bond acceptors (Lipinski definition) is 4. The van der Waals surface area contributed by atoms with E-state index in [2.05, 4.69) is 16.9 Å². The molecule has 2 rings (SSSR count). The Hall–Kier alpha value is -1.20. The summed E-state index contributed by atoms with van der Waals surface area (Å²) in [6.45, 7) is 5.23. The highest BCUT2D eigenvalue weighted by Gasteiger charge is 2.20. The summed E-state index contributed by atoms with van der Waals surface area (Å²) >= 11 is 0. The van der Waals surface area contributed by atoms with Crippen LogP contribution in [-0.2, 0) is 6.54 Å². The van der Waals surface area contributed by atoms with Crippen LogP contribution in [0.5, 0.6) is 0 Å². The molecule has 0 unspecified atom stereocenters. The van der Waals surface area contributed by atoms with Crippen LogP contribution >= 0.6 is 0 Å². The van der Waals surface area contributed by atoms with Crippen LogP contribution in [0.3, 0.4) is 0 Å². The number of likely N-dealkylation sites (tertiary alicyclic amines) is 1. The van der Waals surface area contributed by atoms with Crippen LogP contribution in [0.4, 0.5) is 0 Å². The van der Waals surface area contributed by atoms with Gasteiger partial charge in [-0.1, -0.05) is 6.92 Å². The van der Waals surface area contributed by atoms with Crippen LogP contribution in [0.25, 0.3) is 0 Å². The fourth-order valence-electron chi connectivity index (χ4n) is 2.35. The number of carbonyl (C=O) groups excluding carboxylic acids is 1. The minimum absolute atomic E-state index is 0.163. The molecule has 0 amide bonds. The van der Waals surface area contributed by atoms with E-state index in [1.807, 2.05) is 6.07 Å². The molecule has 0 bridgehead atoms. The van der Waals surface area contributed by atoms with Crippen molar-refractivity contribution in [1.29, 1.82) is 0 Å². The van der Waals surface area contributed by atoms with Crippen molar-refractivity contribution in [3.63, 3.8) is 0 Å². The molecule has 0 atom stereocenters. The zero-order chi connectivity index (χ0) is 13.0. The summed E-state index contributed by atoms with van der Waals surface area (Å²) in [5, 5.41) is 4.19. The summed E-state index contributed by atoms with van der Waals surface area (Å²) < 4.78 is 1.80. The van der Waals surface area contributed by atoms with Crippen molar-refractivity contribution in [2.45, 2.75) is 38.8 Å². The fraction of sp³-hybridized carbons (Fsp3) is 0.692. The van der Waals surface area contributed by atoms with Gasteiger partial charge in [0.25, 0.3) is 0 Å². The first-order chi connectivity index (χ1) is 8.70. The van der Waals surface area contributed by atoms with Crippen molar-refractivity contribution in [1.82, 2.24) is 14.7 Å². The molecule has 2 heterocycles. The molecule has 1 fully saturated rings. The summed E-state index contributed by atoms with van der Waals surface area (Å²) in [7, 11) is 0. The second-order valence-corrected chi connectivity index (χ2v) is 4.98. The summed E-state index contributed by atoms with van der Waals surface area (Å²) in [6, 6.07) is 2.12. The van der Waals surface area contributed by atoms with Gasteiger partial charge in [0.1, 0.15) is 5.69 Å². The van der Waals surface area contributed by atoms with Gasteiger partial charge in [-0.25, -0.2) is 0 Å². The SMILES string of the molecule is CCCn1nccc1C(=O)CN1CCC(N)CC1. The van der Waals surface area contributed by atoms with E-state index in [1.165, 1.54) is 0 Å². The number of nitrogens with two attached hydrogens (primary N) is 1. The lowest BCUT2D eigenvalue weighted by Crippen LogP contribution is -2.42. The van der Waals surface area contributed by atoms with Crippen LogP contribution in [0.1, 0.15) is 36.7 Å². The second kappa shape index (κ2) is 6.11. The molecule has 18 heavy (non-hydrogen) atoms. The Bertz CT molecular complexity index is 393. The highest BCUT2D eigenvalue weighted by molar-refractivity contribution is 5.96. The number of Topliss-reactive ketones (excluding diaryl/α,β-unsaturated/α-hetero) is 1. The van der Waals surface area contributed by atoms with Gasteiger partial charge in [0.05, 0.1) is 6.54 Å². The first-order valence-electron chi connectivity index (χ1n) is 6.73. The molecule has 2 N–H and O–H groups in total. The minimum atomic E-state index is 0.163. The zero-order valence-corrected chi connectivity index (χ0v) is 11.0. The number of piperidine rings is 1. The quantitative estimate of drug-likeness (QED) is 0.789. The zero-order valence-electron chi connectivity index (χ0n) is 11.0. The lowest BCUT2D eigenvalue weighted by molar-refractivity contribution is 0.0899. The van der Waals surface area contributed by atoms with Crippen molar-refractivity contribution in [3.8, 4) is 0 Å².